The van der Waals surface area contributed by atoms with Crippen LogP contribution in [0.4, 0.5) is 0 Å². The third-order valence-electron chi connectivity index (χ3n) is 7.29. The van der Waals surface area contributed by atoms with E-state index >= 15 is 0 Å². The molecule has 4 bridgehead atoms. The molecule has 2 aromatic rings. The molecule has 2 saturated carbocycles. The van der Waals surface area contributed by atoms with Crippen molar-refractivity contribution in [2.24, 2.45) is 23.7 Å². The zero-order valence-electron chi connectivity index (χ0n) is 14.1. The molecule has 0 amide bonds. The van der Waals surface area contributed by atoms with E-state index in [9.17, 15) is 10.2 Å². The largest absolute Gasteiger partial charge is 0.497 e. The minimum atomic E-state index is 0.232. The number of allylic oxidation sites excluding steroid dienone is 2. The Kier molecular flexibility index (Phi) is 2.46. The van der Waals surface area contributed by atoms with Gasteiger partial charge in [-0.05, 0) is 72.6 Å². The summed E-state index contributed by atoms with van der Waals surface area (Å²) in [5, 5.41) is 22.0. The van der Waals surface area contributed by atoms with E-state index in [1.165, 1.54) is 6.42 Å². The van der Waals surface area contributed by atoms with Gasteiger partial charge in [0.25, 0.3) is 0 Å². The maximum Gasteiger partial charge on any atom is 0.202 e. The van der Waals surface area contributed by atoms with Crippen molar-refractivity contribution in [3.8, 4) is 23.2 Å². The smallest absolute Gasteiger partial charge is 0.202 e. The maximum absolute atomic E-state index is 11.0. The topological polar surface area (TPSA) is 54.6 Å². The van der Waals surface area contributed by atoms with E-state index in [0.29, 0.717) is 35.5 Å². The summed E-state index contributed by atoms with van der Waals surface area (Å²) in [6, 6.07) is 7.46. The Labute approximate surface area is 146 Å². The molecule has 4 aliphatic carbocycles. The zero-order chi connectivity index (χ0) is 16.9. The first kappa shape index (κ1) is 13.9. The average Bonchev–Trinajstić information content (AvgIpc) is 3.40. The summed E-state index contributed by atoms with van der Waals surface area (Å²) < 4.78 is 6.82. The quantitative estimate of drug-likeness (QED) is 0.646. The Morgan fingerprint density at radius 3 is 1.96 bits per heavy atom. The normalized spacial score (nSPS) is 36.0. The van der Waals surface area contributed by atoms with E-state index in [4.69, 9.17) is 4.74 Å². The van der Waals surface area contributed by atoms with Crippen molar-refractivity contribution in [2.75, 3.05) is 7.11 Å². The Hall–Kier alpha value is -2.36. The average molecular weight is 335 g/mol. The van der Waals surface area contributed by atoms with Crippen LogP contribution in [0.15, 0.2) is 36.4 Å². The fraction of sp³-hybridized carbons (Fsp3) is 0.429. The van der Waals surface area contributed by atoms with E-state index in [1.807, 2.05) is 24.3 Å². The standard InChI is InChI=1S/C21H21NO3/c1-25-13-6-4-12(5-7-13)22-20(23)18-14-9-15(19(18)21(22)24)17-11-3-2-10(8-11)16(14)17/h2-7,10-11,14-17,23-24H,8-9H2,1H3. The van der Waals surface area contributed by atoms with Crippen LogP contribution in [0.5, 0.6) is 17.5 Å². The molecule has 6 unspecified atom stereocenters. The number of aromatic hydroxyl groups is 2. The lowest BCUT2D eigenvalue weighted by molar-refractivity contribution is 0.298. The van der Waals surface area contributed by atoms with E-state index in [1.54, 1.807) is 11.7 Å². The van der Waals surface area contributed by atoms with Crippen molar-refractivity contribution < 1.29 is 14.9 Å². The highest BCUT2D eigenvalue weighted by molar-refractivity contribution is 5.61. The highest BCUT2D eigenvalue weighted by Crippen LogP contribution is 2.72. The lowest BCUT2D eigenvalue weighted by Gasteiger charge is -2.31. The number of rotatable bonds is 2. The van der Waals surface area contributed by atoms with Crippen LogP contribution >= 0.6 is 0 Å². The molecule has 128 valence electrons. The lowest BCUT2D eigenvalue weighted by Crippen LogP contribution is -2.24. The van der Waals surface area contributed by atoms with Crippen molar-refractivity contribution in [3.05, 3.63) is 47.5 Å². The van der Waals surface area contributed by atoms with Gasteiger partial charge >= 0.3 is 0 Å². The molecule has 2 N–H and O–H groups in total. The number of hydrogen-bond acceptors (Lipinski definition) is 3. The highest BCUT2D eigenvalue weighted by Gasteiger charge is 2.62. The maximum atomic E-state index is 11.0. The van der Waals surface area contributed by atoms with E-state index in [2.05, 4.69) is 12.2 Å². The molecule has 4 heteroatoms. The second-order valence-corrected chi connectivity index (χ2v) is 8.06. The minimum Gasteiger partial charge on any atom is -0.497 e. The second kappa shape index (κ2) is 4.43. The monoisotopic (exact) mass is 335 g/mol. The van der Waals surface area contributed by atoms with Crippen molar-refractivity contribution in [2.45, 2.75) is 24.7 Å². The van der Waals surface area contributed by atoms with Crippen molar-refractivity contribution in [3.63, 3.8) is 0 Å². The predicted molar refractivity (Wildman–Crippen MR) is 93.5 cm³/mol. The highest BCUT2D eigenvalue weighted by atomic mass is 16.5. The van der Waals surface area contributed by atoms with Gasteiger partial charge in [0.15, 0.2) is 0 Å². The Morgan fingerprint density at radius 2 is 1.44 bits per heavy atom. The molecule has 1 aromatic heterocycles. The third-order valence-corrected chi connectivity index (χ3v) is 7.29. The second-order valence-electron chi connectivity index (χ2n) is 8.06. The molecule has 6 rings (SSSR count). The molecule has 0 spiro atoms. The van der Waals surface area contributed by atoms with Gasteiger partial charge in [-0.2, -0.15) is 0 Å². The summed E-state index contributed by atoms with van der Waals surface area (Å²) in [4.78, 5) is 0. The first-order valence-electron chi connectivity index (χ1n) is 9.18. The summed E-state index contributed by atoms with van der Waals surface area (Å²) in [7, 11) is 1.63. The van der Waals surface area contributed by atoms with Crippen LogP contribution in [0.3, 0.4) is 0 Å². The molecule has 1 heterocycles. The van der Waals surface area contributed by atoms with E-state index in [0.717, 1.165) is 29.0 Å². The van der Waals surface area contributed by atoms with Crippen molar-refractivity contribution in [1.29, 1.82) is 0 Å². The van der Waals surface area contributed by atoms with Crippen LogP contribution in [-0.2, 0) is 0 Å². The predicted octanol–water partition coefficient (Wildman–Crippen LogP) is 3.92. The van der Waals surface area contributed by atoms with Gasteiger partial charge in [0.1, 0.15) is 5.75 Å². The van der Waals surface area contributed by atoms with Crippen LogP contribution in [0.1, 0.15) is 35.8 Å². The number of methoxy groups -OCH3 is 1. The molecule has 0 radical (unpaired) electrons. The molecule has 1 aromatic carbocycles. The van der Waals surface area contributed by atoms with Crippen LogP contribution in [0.25, 0.3) is 5.69 Å². The Bertz CT molecular complexity index is 863. The van der Waals surface area contributed by atoms with E-state index < -0.39 is 0 Å². The number of ether oxygens (including phenoxy) is 1. The molecule has 6 atom stereocenters. The Balaban J connectivity index is 1.50. The van der Waals surface area contributed by atoms with Gasteiger partial charge < -0.3 is 14.9 Å². The van der Waals surface area contributed by atoms with E-state index in [-0.39, 0.29) is 11.8 Å². The summed E-state index contributed by atoms with van der Waals surface area (Å²) in [5.41, 5.74) is 2.80. The van der Waals surface area contributed by atoms with Crippen LogP contribution in [0.2, 0.25) is 0 Å². The first-order valence-corrected chi connectivity index (χ1v) is 9.18. The van der Waals surface area contributed by atoms with Crippen molar-refractivity contribution in [1.82, 2.24) is 4.57 Å². The number of hydrogen-bond donors (Lipinski definition) is 2. The van der Waals surface area contributed by atoms with Gasteiger partial charge in [0.05, 0.1) is 12.8 Å². The molecule has 4 aliphatic rings. The summed E-state index contributed by atoms with van der Waals surface area (Å²) in [6.07, 6.45) is 7.15. The van der Waals surface area contributed by atoms with Crippen LogP contribution < -0.4 is 4.74 Å². The van der Waals surface area contributed by atoms with Crippen LogP contribution in [0, 0.1) is 23.7 Å². The molecular formula is C21H21NO3. The molecule has 4 nitrogen and oxygen atoms in total. The number of aromatic nitrogens is 1. The van der Waals surface area contributed by atoms with Gasteiger partial charge in [-0.1, -0.05) is 12.2 Å². The molecule has 25 heavy (non-hydrogen) atoms. The minimum absolute atomic E-state index is 0.232. The van der Waals surface area contributed by atoms with Crippen LogP contribution in [-0.4, -0.2) is 21.9 Å². The number of nitrogens with zero attached hydrogens (tertiary/aromatic N) is 1. The summed E-state index contributed by atoms with van der Waals surface area (Å²) in [5.74, 6) is 4.68. The number of benzene rings is 1. The Morgan fingerprint density at radius 1 is 0.880 bits per heavy atom. The zero-order valence-corrected chi connectivity index (χ0v) is 14.1. The van der Waals surface area contributed by atoms with Gasteiger partial charge in [-0.15, -0.1) is 0 Å². The fourth-order valence-corrected chi connectivity index (χ4v) is 6.53. The van der Waals surface area contributed by atoms with Gasteiger partial charge in [-0.3, -0.25) is 4.57 Å². The van der Waals surface area contributed by atoms with Gasteiger partial charge in [0.2, 0.25) is 11.8 Å². The molecule has 2 fully saturated rings. The summed E-state index contributed by atoms with van der Waals surface area (Å²) >= 11 is 0. The third kappa shape index (κ3) is 1.50. The van der Waals surface area contributed by atoms with Gasteiger partial charge in [-0.25, -0.2) is 0 Å². The van der Waals surface area contributed by atoms with Crippen molar-refractivity contribution >= 4 is 0 Å². The SMILES string of the molecule is COc1ccc(-n2c(O)c3c(c2O)C2CC3C3C4C=CC(C4)C23)cc1. The fourth-order valence-electron chi connectivity index (χ4n) is 6.53. The molecule has 0 saturated heterocycles. The lowest BCUT2D eigenvalue weighted by atomic mass is 9.72. The first-order chi connectivity index (χ1) is 12.2. The summed E-state index contributed by atoms with van der Waals surface area (Å²) in [6.45, 7) is 0. The number of fused-ring (bicyclic) bond motifs is 12. The molecule has 0 aliphatic heterocycles. The molecular weight excluding hydrogens is 314 g/mol. The van der Waals surface area contributed by atoms with Gasteiger partial charge in [0, 0.05) is 11.1 Å².